The first-order valence-corrected chi connectivity index (χ1v) is 8.12. The van der Waals surface area contributed by atoms with Gasteiger partial charge < -0.3 is 5.11 Å². The van der Waals surface area contributed by atoms with Gasteiger partial charge in [-0.1, -0.05) is 62.4 Å². The Hall–Kier alpha value is -1.41. The van der Waals surface area contributed by atoms with E-state index in [0.29, 0.717) is 11.3 Å². The van der Waals surface area contributed by atoms with Crippen LogP contribution in [0.2, 0.25) is 0 Å². The van der Waals surface area contributed by atoms with Crippen LogP contribution in [-0.4, -0.2) is 5.11 Å². The Morgan fingerprint density at radius 2 is 1.48 bits per heavy atom. The van der Waals surface area contributed by atoms with Gasteiger partial charge in [0.1, 0.15) is 5.82 Å². The summed E-state index contributed by atoms with van der Waals surface area (Å²) in [6.45, 7) is 0. The van der Waals surface area contributed by atoms with Crippen molar-refractivity contribution in [2.45, 2.75) is 51.0 Å². The summed E-state index contributed by atoms with van der Waals surface area (Å²) in [6, 6.07) is 10.7. The number of fused-ring (bicyclic) bond motifs is 1. The second-order valence-corrected chi connectivity index (χ2v) is 6.23. The van der Waals surface area contributed by atoms with E-state index in [1.807, 2.05) is 18.2 Å². The number of aliphatic hydroxyl groups excluding tert-OH is 1. The van der Waals surface area contributed by atoms with Crippen LogP contribution in [0.25, 0.3) is 10.8 Å². The van der Waals surface area contributed by atoms with Crippen molar-refractivity contribution in [2.75, 3.05) is 0 Å². The van der Waals surface area contributed by atoms with Gasteiger partial charge in [-0.25, -0.2) is 4.39 Å². The highest BCUT2D eigenvalue weighted by Crippen LogP contribution is 2.36. The Morgan fingerprint density at radius 3 is 2.19 bits per heavy atom. The van der Waals surface area contributed by atoms with Crippen LogP contribution in [0.3, 0.4) is 0 Å². The first-order chi connectivity index (χ1) is 10.3. The molecule has 0 aromatic heterocycles. The number of rotatable bonds is 2. The molecule has 2 aromatic carbocycles. The van der Waals surface area contributed by atoms with Crippen LogP contribution >= 0.6 is 0 Å². The first-order valence-electron chi connectivity index (χ1n) is 8.12. The van der Waals surface area contributed by atoms with E-state index in [0.717, 1.165) is 23.8 Å². The van der Waals surface area contributed by atoms with Crippen molar-refractivity contribution in [1.82, 2.24) is 0 Å². The van der Waals surface area contributed by atoms with E-state index < -0.39 is 6.10 Å². The molecule has 0 aliphatic heterocycles. The van der Waals surface area contributed by atoms with Crippen molar-refractivity contribution in [3.63, 3.8) is 0 Å². The zero-order valence-electron chi connectivity index (χ0n) is 12.4. The normalized spacial score (nSPS) is 19.1. The van der Waals surface area contributed by atoms with Gasteiger partial charge in [0.2, 0.25) is 0 Å². The van der Waals surface area contributed by atoms with Gasteiger partial charge in [0, 0.05) is 5.39 Å². The molecule has 1 N–H and O–H groups in total. The van der Waals surface area contributed by atoms with Crippen LogP contribution in [0.15, 0.2) is 36.4 Å². The molecule has 0 heterocycles. The summed E-state index contributed by atoms with van der Waals surface area (Å²) < 4.78 is 13.9. The summed E-state index contributed by atoms with van der Waals surface area (Å²) in [5, 5.41) is 12.3. The fraction of sp³-hybridized carbons (Fsp3) is 0.474. The van der Waals surface area contributed by atoms with Gasteiger partial charge in [0.15, 0.2) is 0 Å². The summed E-state index contributed by atoms with van der Waals surface area (Å²) in [6.07, 6.45) is 7.93. The average molecular weight is 286 g/mol. The van der Waals surface area contributed by atoms with E-state index in [1.165, 1.54) is 38.2 Å². The molecule has 0 spiro atoms. The summed E-state index contributed by atoms with van der Waals surface area (Å²) in [5.74, 6) is 0.0957. The van der Waals surface area contributed by atoms with Crippen molar-refractivity contribution in [3.05, 3.63) is 47.8 Å². The standard InChI is InChI=1S/C19H23FO/c20-18-13-12-17(15-10-6-7-11-16(15)18)19(21)14-8-4-2-1-3-5-9-14/h6-7,10-14,19,21H,1-5,8-9H2. The lowest BCUT2D eigenvalue weighted by Crippen LogP contribution is -2.14. The van der Waals surface area contributed by atoms with Crippen LogP contribution in [0, 0.1) is 11.7 Å². The van der Waals surface area contributed by atoms with Crippen LogP contribution in [0.5, 0.6) is 0 Å². The molecule has 21 heavy (non-hydrogen) atoms. The fourth-order valence-electron chi connectivity index (χ4n) is 3.60. The third-order valence-electron chi connectivity index (χ3n) is 4.82. The molecule has 0 amide bonds. The molecule has 1 nitrogen and oxygen atoms in total. The third kappa shape index (κ3) is 3.11. The lowest BCUT2D eigenvalue weighted by molar-refractivity contribution is 0.0925. The van der Waals surface area contributed by atoms with Crippen molar-refractivity contribution >= 4 is 10.8 Å². The van der Waals surface area contributed by atoms with Gasteiger partial charge in [-0.2, -0.15) is 0 Å². The number of halogens is 1. The zero-order valence-corrected chi connectivity index (χ0v) is 12.4. The maximum atomic E-state index is 13.9. The van der Waals surface area contributed by atoms with Crippen LogP contribution < -0.4 is 0 Å². The summed E-state index contributed by atoms with van der Waals surface area (Å²) in [5.41, 5.74) is 0.887. The smallest absolute Gasteiger partial charge is 0.131 e. The molecule has 1 aliphatic carbocycles. The summed E-state index contributed by atoms with van der Waals surface area (Å²) in [7, 11) is 0. The quantitative estimate of drug-likeness (QED) is 0.786. The molecule has 1 atom stereocenters. The summed E-state index contributed by atoms with van der Waals surface area (Å²) >= 11 is 0. The van der Waals surface area contributed by atoms with Gasteiger partial charge in [-0.15, -0.1) is 0 Å². The van der Waals surface area contributed by atoms with Crippen molar-refractivity contribution in [1.29, 1.82) is 0 Å². The Bertz CT molecular complexity index is 600. The maximum absolute atomic E-state index is 13.9. The molecule has 2 aromatic rings. The van der Waals surface area contributed by atoms with Gasteiger partial charge in [0.25, 0.3) is 0 Å². The number of aliphatic hydroxyl groups is 1. The minimum absolute atomic E-state index is 0.209. The van der Waals surface area contributed by atoms with Gasteiger partial charge >= 0.3 is 0 Å². The predicted octanol–water partition coefficient (Wildman–Crippen LogP) is 5.37. The Kier molecular flexibility index (Phi) is 4.54. The van der Waals surface area contributed by atoms with E-state index in [9.17, 15) is 9.50 Å². The van der Waals surface area contributed by atoms with Gasteiger partial charge in [-0.05, 0) is 35.8 Å². The second kappa shape index (κ2) is 6.57. The van der Waals surface area contributed by atoms with Crippen LogP contribution in [-0.2, 0) is 0 Å². The molecule has 112 valence electrons. The molecule has 0 saturated heterocycles. The van der Waals surface area contributed by atoms with Crippen LogP contribution in [0.4, 0.5) is 4.39 Å². The van der Waals surface area contributed by atoms with Crippen molar-refractivity contribution in [2.24, 2.45) is 5.92 Å². The topological polar surface area (TPSA) is 20.2 Å². The highest BCUT2D eigenvalue weighted by atomic mass is 19.1. The number of hydrogen-bond donors (Lipinski definition) is 1. The molecule has 2 heteroatoms. The van der Waals surface area contributed by atoms with Crippen molar-refractivity contribution < 1.29 is 9.50 Å². The Labute approximate surface area is 125 Å². The molecule has 3 rings (SSSR count). The Balaban J connectivity index is 1.93. The molecule has 1 saturated carbocycles. The van der Waals surface area contributed by atoms with Crippen LogP contribution in [0.1, 0.15) is 56.6 Å². The minimum atomic E-state index is -0.478. The lowest BCUT2D eigenvalue weighted by atomic mass is 9.83. The SMILES string of the molecule is OC(c1ccc(F)c2ccccc12)C1CCCCCCC1. The second-order valence-electron chi connectivity index (χ2n) is 6.23. The monoisotopic (exact) mass is 286 g/mol. The largest absolute Gasteiger partial charge is 0.388 e. The molecular formula is C19H23FO. The highest BCUT2D eigenvalue weighted by Gasteiger charge is 2.23. The summed E-state index contributed by atoms with van der Waals surface area (Å²) in [4.78, 5) is 0. The highest BCUT2D eigenvalue weighted by molar-refractivity contribution is 5.86. The molecule has 0 radical (unpaired) electrons. The first kappa shape index (κ1) is 14.5. The third-order valence-corrected chi connectivity index (χ3v) is 4.82. The van der Waals surface area contributed by atoms with E-state index >= 15 is 0 Å². The average Bonchev–Trinajstić information content (AvgIpc) is 2.47. The van der Waals surface area contributed by atoms with E-state index in [2.05, 4.69) is 0 Å². The zero-order chi connectivity index (χ0) is 14.7. The molecule has 1 unspecified atom stereocenters. The molecule has 1 aliphatic rings. The minimum Gasteiger partial charge on any atom is -0.388 e. The fourth-order valence-corrected chi connectivity index (χ4v) is 3.60. The van der Waals surface area contributed by atoms with Gasteiger partial charge in [-0.3, -0.25) is 0 Å². The predicted molar refractivity (Wildman–Crippen MR) is 84.7 cm³/mol. The number of hydrogen-bond acceptors (Lipinski definition) is 1. The van der Waals surface area contributed by atoms with Gasteiger partial charge in [0.05, 0.1) is 6.10 Å². The lowest BCUT2D eigenvalue weighted by Gasteiger charge is -2.26. The number of benzene rings is 2. The van der Waals surface area contributed by atoms with Crippen molar-refractivity contribution in [3.8, 4) is 0 Å². The van der Waals surface area contributed by atoms with E-state index in [4.69, 9.17) is 0 Å². The molecule has 1 fully saturated rings. The van der Waals surface area contributed by atoms with E-state index in [1.54, 1.807) is 12.1 Å². The molecule has 0 bridgehead atoms. The van der Waals surface area contributed by atoms with E-state index in [-0.39, 0.29) is 5.82 Å². The Morgan fingerprint density at radius 1 is 0.857 bits per heavy atom. The molecular weight excluding hydrogens is 263 g/mol. The maximum Gasteiger partial charge on any atom is 0.131 e.